The van der Waals surface area contributed by atoms with Crippen LogP contribution in [0.15, 0.2) is 21.9 Å². The van der Waals surface area contributed by atoms with Crippen molar-refractivity contribution in [3.05, 3.63) is 21.9 Å². The van der Waals surface area contributed by atoms with E-state index in [1.54, 1.807) is 0 Å². The number of rotatable bonds is 24. The third-order valence-corrected chi connectivity index (χ3v) is 12.7. The Morgan fingerprint density at radius 3 is 0.825 bits per heavy atom. The van der Waals surface area contributed by atoms with Crippen molar-refractivity contribution in [3.63, 3.8) is 0 Å². The maximum absolute atomic E-state index is 12.4. The molecule has 0 atom stereocenters. The second-order valence-corrected chi connectivity index (χ2v) is 24.8. The van der Waals surface area contributed by atoms with Crippen molar-refractivity contribution in [2.75, 3.05) is 0 Å². The van der Waals surface area contributed by atoms with E-state index in [4.69, 9.17) is 0 Å². The fourth-order valence-electron chi connectivity index (χ4n) is 6.26. The van der Waals surface area contributed by atoms with Gasteiger partial charge in [0.2, 0.25) is 0 Å². The van der Waals surface area contributed by atoms with Gasteiger partial charge in [0.05, 0.1) is 27.3 Å². The first-order valence-corrected chi connectivity index (χ1v) is 24.4. The summed E-state index contributed by atoms with van der Waals surface area (Å²) in [4.78, 5) is 0. The van der Waals surface area contributed by atoms with Crippen molar-refractivity contribution in [1.29, 1.82) is 0 Å². The fraction of sp³-hybridized carbons (Fsp3) is 0.889. The van der Waals surface area contributed by atoms with E-state index in [2.05, 4.69) is 78.4 Å². The topological polar surface area (TPSA) is 40.5 Å². The highest BCUT2D eigenvalue weighted by molar-refractivity contribution is 6.84. The summed E-state index contributed by atoms with van der Waals surface area (Å²) < 4.78 is 0. The number of hydrogen-bond acceptors (Lipinski definition) is 2. The molecule has 0 aromatic heterocycles. The highest BCUT2D eigenvalue weighted by atomic mass is 28.3. The van der Waals surface area contributed by atoms with Gasteiger partial charge < -0.3 is 10.2 Å². The van der Waals surface area contributed by atoms with E-state index in [0.717, 1.165) is 61.8 Å². The number of unbranched alkanes of at least 4 members (excludes halogenated alkanes) is 12. The van der Waals surface area contributed by atoms with Crippen LogP contribution >= 0.6 is 0 Å². The summed E-state index contributed by atoms with van der Waals surface area (Å²) in [5.41, 5.74) is 5.82. The van der Waals surface area contributed by atoms with Crippen molar-refractivity contribution in [3.8, 4) is 0 Å². The minimum atomic E-state index is -1.90. The molecular formula is C36H72O2Si2. The van der Waals surface area contributed by atoms with Gasteiger partial charge in [-0.25, -0.2) is 0 Å². The van der Waals surface area contributed by atoms with Gasteiger partial charge in [-0.15, -0.1) is 0 Å². The van der Waals surface area contributed by atoms with Crippen molar-refractivity contribution in [2.24, 2.45) is 0 Å². The van der Waals surface area contributed by atoms with Crippen LogP contribution in [0.5, 0.6) is 0 Å². The Balaban J connectivity index is 6.95. The average molecular weight is 593 g/mol. The minimum Gasteiger partial charge on any atom is -0.385 e. The van der Waals surface area contributed by atoms with Gasteiger partial charge in [0.1, 0.15) is 0 Å². The summed E-state index contributed by atoms with van der Waals surface area (Å²) in [5, 5.41) is 27.0. The molecule has 40 heavy (non-hydrogen) atoms. The average Bonchev–Trinajstić information content (AvgIpc) is 2.86. The Morgan fingerprint density at radius 1 is 0.425 bits per heavy atom. The first kappa shape index (κ1) is 39.7. The molecule has 0 bridgehead atoms. The molecule has 0 spiro atoms. The molecule has 0 amide bonds. The predicted octanol–water partition coefficient (Wildman–Crippen LogP) is 11.7. The molecule has 2 N–H and O–H groups in total. The summed E-state index contributed by atoms with van der Waals surface area (Å²) in [6.07, 6.45) is 22.1. The van der Waals surface area contributed by atoms with Gasteiger partial charge in [0, 0.05) is 0 Å². The largest absolute Gasteiger partial charge is 0.385 e. The van der Waals surface area contributed by atoms with Crippen LogP contribution in [0, 0.1) is 0 Å². The highest BCUT2D eigenvalue weighted by Gasteiger charge is 2.40. The molecular weight excluding hydrogens is 521 g/mol. The van der Waals surface area contributed by atoms with Crippen LogP contribution < -0.4 is 0 Å². The van der Waals surface area contributed by atoms with E-state index in [-0.39, 0.29) is 0 Å². The maximum atomic E-state index is 12.4. The Bertz CT molecular complexity index is 671. The first-order valence-electron chi connectivity index (χ1n) is 17.4. The zero-order chi connectivity index (χ0) is 30.7. The van der Waals surface area contributed by atoms with E-state index in [1.807, 2.05) is 0 Å². The van der Waals surface area contributed by atoms with Crippen LogP contribution in [-0.4, -0.2) is 37.6 Å². The Labute approximate surface area is 254 Å². The predicted molar refractivity (Wildman–Crippen MR) is 186 cm³/mol. The van der Waals surface area contributed by atoms with E-state index in [9.17, 15) is 10.2 Å². The van der Waals surface area contributed by atoms with Crippen LogP contribution in [0.3, 0.4) is 0 Å². The summed E-state index contributed by atoms with van der Waals surface area (Å²) in [7, 11) is -3.81. The van der Waals surface area contributed by atoms with Gasteiger partial charge in [-0.2, -0.15) is 0 Å². The Kier molecular flexibility index (Phi) is 20.4. The van der Waals surface area contributed by atoms with Crippen molar-refractivity contribution < 1.29 is 10.2 Å². The lowest BCUT2D eigenvalue weighted by Crippen LogP contribution is -2.43. The summed E-state index contributed by atoms with van der Waals surface area (Å²) >= 11 is 0. The molecule has 0 aromatic rings. The van der Waals surface area contributed by atoms with E-state index < -0.39 is 27.3 Å². The maximum Gasteiger partial charge on any atom is 0.0899 e. The molecule has 0 fully saturated rings. The molecule has 0 aliphatic heterocycles. The van der Waals surface area contributed by atoms with Crippen LogP contribution in [0.25, 0.3) is 0 Å². The number of aliphatic hydroxyl groups is 2. The van der Waals surface area contributed by atoms with Crippen molar-refractivity contribution in [1.82, 2.24) is 0 Å². The SMILES string of the molecule is CCCCCCC(O)(CCCCCC)C(=C=C=C(C(O)(CCCCCC)CCCCCC)[Si](C)(C)C)[Si](C)(C)C. The first-order chi connectivity index (χ1) is 18.7. The molecule has 4 heteroatoms. The van der Waals surface area contributed by atoms with Crippen LogP contribution in [0.2, 0.25) is 39.3 Å². The summed E-state index contributed by atoms with van der Waals surface area (Å²) in [5.74, 6) is 0. The van der Waals surface area contributed by atoms with Crippen molar-refractivity contribution in [2.45, 2.75) is 207 Å². The number of hydrogen-bond donors (Lipinski definition) is 2. The lowest BCUT2D eigenvalue weighted by molar-refractivity contribution is 0.0591. The van der Waals surface area contributed by atoms with Gasteiger partial charge in [0.15, 0.2) is 0 Å². The third-order valence-electron chi connectivity index (χ3n) is 8.52. The zero-order valence-corrected chi connectivity index (χ0v) is 31.0. The molecule has 0 radical (unpaired) electrons. The van der Waals surface area contributed by atoms with E-state index >= 15 is 0 Å². The van der Waals surface area contributed by atoms with Crippen LogP contribution in [-0.2, 0) is 0 Å². The lowest BCUT2D eigenvalue weighted by atomic mass is 9.88. The van der Waals surface area contributed by atoms with Crippen molar-refractivity contribution >= 4 is 16.1 Å². The quantitative estimate of drug-likeness (QED) is 0.0664. The lowest BCUT2D eigenvalue weighted by Gasteiger charge is -2.37. The molecule has 0 heterocycles. The second-order valence-electron chi connectivity index (χ2n) is 14.8. The molecule has 0 unspecified atom stereocenters. The van der Waals surface area contributed by atoms with Gasteiger partial charge in [-0.3, -0.25) is 0 Å². The molecule has 2 nitrogen and oxygen atoms in total. The molecule has 0 saturated heterocycles. The highest BCUT2D eigenvalue weighted by Crippen LogP contribution is 2.37. The summed E-state index contributed by atoms with van der Waals surface area (Å²) in [6.45, 7) is 23.1. The fourth-order valence-corrected chi connectivity index (χ4v) is 10.4. The molecule has 0 rings (SSSR count). The second kappa shape index (κ2) is 20.5. The van der Waals surface area contributed by atoms with Crippen LogP contribution in [0.1, 0.15) is 156 Å². The monoisotopic (exact) mass is 593 g/mol. The Morgan fingerprint density at radius 2 is 0.650 bits per heavy atom. The zero-order valence-electron chi connectivity index (χ0n) is 29.0. The molecule has 0 aliphatic rings. The molecule has 236 valence electrons. The van der Waals surface area contributed by atoms with E-state index in [0.29, 0.717) is 0 Å². The van der Waals surface area contributed by atoms with Gasteiger partial charge in [0.25, 0.3) is 0 Å². The normalized spacial score (nSPS) is 12.8. The summed E-state index contributed by atoms with van der Waals surface area (Å²) in [6, 6.07) is 0. The van der Waals surface area contributed by atoms with E-state index in [1.165, 1.54) is 77.0 Å². The third kappa shape index (κ3) is 15.8. The van der Waals surface area contributed by atoms with Crippen LogP contribution in [0.4, 0.5) is 0 Å². The molecule has 0 aromatic carbocycles. The van der Waals surface area contributed by atoms with Gasteiger partial charge >= 0.3 is 0 Å². The standard InChI is InChI=1S/C36H72O2Si2/c1-11-15-19-23-29-35(37,30-24-20-16-12-2)33(39(5,6)7)27-28-34(40(8,9)10)36(38,31-25-21-17-13-3)32-26-22-18-14-4/h37-38H,11-26,29-32H2,1-10H3. The molecule has 0 aliphatic carbocycles. The molecule has 0 saturated carbocycles. The van der Waals surface area contributed by atoms with Gasteiger partial charge in [-0.05, 0) is 36.1 Å². The smallest absolute Gasteiger partial charge is 0.0899 e. The Hall–Kier alpha value is -0.346. The van der Waals surface area contributed by atoms with Gasteiger partial charge in [-0.1, -0.05) is 181 Å². The minimum absolute atomic E-state index is 0.802.